The zero-order valence-corrected chi connectivity index (χ0v) is 19.1. The van der Waals surface area contributed by atoms with Crippen molar-refractivity contribution in [2.45, 2.75) is 39.2 Å². The molecule has 0 aliphatic carbocycles. The van der Waals surface area contributed by atoms with Gasteiger partial charge in [-0.3, -0.25) is 4.79 Å². The molecule has 0 saturated carbocycles. The van der Waals surface area contributed by atoms with E-state index in [-0.39, 0.29) is 16.4 Å². The van der Waals surface area contributed by atoms with E-state index in [9.17, 15) is 13.6 Å². The third kappa shape index (κ3) is 4.07. The van der Waals surface area contributed by atoms with Crippen LogP contribution < -0.4 is 5.32 Å². The lowest BCUT2D eigenvalue weighted by molar-refractivity contribution is 0.102. The minimum absolute atomic E-state index is 0.00142. The zero-order valence-electron chi connectivity index (χ0n) is 18.4. The lowest BCUT2D eigenvalue weighted by Gasteiger charge is -2.10. The molecule has 7 nitrogen and oxygen atoms in total. The van der Waals surface area contributed by atoms with Crippen LogP contribution in [0.3, 0.4) is 0 Å². The van der Waals surface area contributed by atoms with Crippen LogP contribution in [0.4, 0.5) is 14.5 Å². The molecule has 1 aliphatic heterocycles. The Morgan fingerprint density at radius 1 is 1.06 bits per heavy atom. The molecule has 10 heteroatoms. The van der Waals surface area contributed by atoms with Gasteiger partial charge >= 0.3 is 0 Å². The third-order valence-electron chi connectivity index (χ3n) is 5.88. The van der Waals surface area contributed by atoms with Crippen molar-refractivity contribution in [1.82, 2.24) is 24.5 Å². The average Bonchev–Trinajstić information content (AvgIpc) is 3.26. The first-order chi connectivity index (χ1) is 16.4. The molecule has 0 fully saturated rings. The van der Waals surface area contributed by atoms with Gasteiger partial charge in [0.05, 0.1) is 17.1 Å². The number of carbonyl (C=O) groups is 1. The summed E-state index contributed by atoms with van der Waals surface area (Å²) in [6.07, 6.45) is 4.07. The van der Waals surface area contributed by atoms with Gasteiger partial charge in [0.2, 0.25) is 0 Å². The Labute approximate surface area is 199 Å². The second-order valence-corrected chi connectivity index (χ2v) is 8.55. The first kappa shape index (κ1) is 22.2. The number of fused-ring (bicyclic) bond motifs is 1. The summed E-state index contributed by atoms with van der Waals surface area (Å²) in [5.41, 5.74) is 1.60. The molecule has 2 aromatic carbocycles. The molecular weight excluding hydrogens is 462 g/mol. The number of hydrogen-bond donors (Lipinski definition) is 1. The van der Waals surface area contributed by atoms with Gasteiger partial charge in [-0.25, -0.2) is 13.5 Å². The van der Waals surface area contributed by atoms with Crippen LogP contribution in [0.15, 0.2) is 42.5 Å². The van der Waals surface area contributed by atoms with Crippen LogP contribution in [-0.2, 0) is 13.0 Å². The fourth-order valence-electron chi connectivity index (χ4n) is 4.15. The Hall–Kier alpha value is -3.59. The maximum Gasteiger partial charge on any atom is 0.260 e. The average molecular weight is 483 g/mol. The molecule has 1 N–H and O–H groups in total. The lowest BCUT2D eigenvalue weighted by Crippen LogP contribution is -2.14. The van der Waals surface area contributed by atoms with E-state index in [1.165, 1.54) is 35.0 Å². The summed E-state index contributed by atoms with van der Waals surface area (Å²) in [6.45, 7) is 2.42. The number of halogens is 3. The van der Waals surface area contributed by atoms with Crippen molar-refractivity contribution < 1.29 is 13.6 Å². The van der Waals surface area contributed by atoms with E-state index in [1.54, 1.807) is 19.1 Å². The van der Waals surface area contributed by atoms with Gasteiger partial charge in [0, 0.05) is 18.5 Å². The fraction of sp³-hybridized carbons (Fsp3) is 0.250. The van der Waals surface area contributed by atoms with Gasteiger partial charge in [0.15, 0.2) is 5.82 Å². The number of hydrogen-bond acceptors (Lipinski definition) is 4. The summed E-state index contributed by atoms with van der Waals surface area (Å²) < 4.78 is 31.3. The zero-order chi connectivity index (χ0) is 23.8. The summed E-state index contributed by atoms with van der Waals surface area (Å²) >= 11 is 6.44. The van der Waals surface area contributed by atoms with Crippen molar-refractivity contribution in [2.24, 2.45) is 0 Å². The molecule has 1 aliphatic rings. The first-order valence-electron chi connectivity index (χ1n) is 11.0. The van der Waals surface area contributed by atoms with Gasteiger partial charge in [-0.15, -0.1) is 10.2 Å². The first-order valence-corrected chi connectivity index (χ1v) is 11.3. The maximum atomic E-state index is 14.7. The number of rotatable bonds is 4. The van der Waals surface area contributed by atoms with Crippen molar-refractivity contribution in [2.75, 3.05) is 5.32 Å². The molecule has 4 aromatic rings. The van der Waals surface area contributed by atoms with E-state index in [4.69, 9.17) is 11.6 Å². The highest BCUT2D eigenvalue weighted by Gasteiger charge is 2.23. The van der Waals surface area contributed by atoms with Crippen LogP contribution in [0, 0.1) is 18.6 Å². The summed E-state index contributed by atoms with van der Waals surface area (Å²) in [4.78, 5) is 13.1. The van der Waals surface area contributed by atoms with E-state index in [0.29, 0.717) is 22.8 Å². The molecule has 5 rings (SSSR count). The highest BCUT2D eigenvalue weighted by Crippen LogP contribution is 2.29. The second kappa shape index (κ2) is 8.98. The minimum Gasteiger partial charge on any atom is -0.319 e. The predicted molar refractivity (Wildman–Crippen MR) is 124 cm³/mol. The topological polar surface area (TPSA) is 77.6 Å². The molecular formula is C24H21ClF2N6O. The van der Waals surface area contributed by atoms with Crippen molar-refractivity contribution in [3.8, 4) is 17.1 Å². The quantitative estimate of drug-likeness (QED) is 0.425. The van der Waals surface area contributed by atoms with E-state index >= 15 is 0 Å². The van der Waals surface area contributed by atoms with Crippen LogP contribution >= 0.6 is 11.6 Å². The molecule has 0 bridgehead atoms. The largest absolute Gasteiger partial charge is 0.319 e. The smallest absolute Gasteiger partial charge is 0.260 e. The van der Waals surface area contributed by atoms with Gasteiger partial charge in [-0.05, 0) is 62.2 Å². The predicted octanol–water partition coefficient (Wildman–Crippen LogP) is 5.35. The number of anilines is 1. The molecule has 0 spiro atoms. The minimum atomic E-state index is -0.605. The third-order valence-corrected chi connectivity index (χ3v) is 6.23. The molecule has 0 atom stereocenters. The Morgan fingerprint density at radius 3 is 2.65 bits per heavy atom. The summed E-state index contributed by atoms with van der Waals surface area (Å²) in [5, 5.41) is 15.5. The normalized spacial score (nSPS) is 13.4. The van der Waals surface area contributed by atoms with Crippen molar-refractivity contribution >= 4 is 23.2 Å². The van der Waals surface area contributed by atoms with Crippen LogP contribution in [0.5, 0.6) is 0 Å². The van der Waals surface area contributed by atoms with Crippen LogP contribution in [0.1, 0.15) is 41.1 Å². The Kier molecular flexibility index (Phi) is 5.87. The summed E-state index contributed by atoms with van der Waals surface area (Å²) in [7, 11) is 0. The fourth-order valence-corrected chi connectivity index (χ4v) is 4.51. The molecule has 0 radical (unpaired) electrons. The monoisotopic (exact) mass is 482 g/mol. The number of benzene rings is 2. The number of amides is 1. The molecule has 2 aromatic heterocycles. The second-order valence-electron chi connectivity index (χ2n) is 8.19. The molecule has 3 heterocycles. The van der Waals surface area contributed by atoms with Gasteiger partial charge in [-0.2, -0.15) is 5.10 Å². The van der Waals surface area contributed by atoms with Gasteiger partial charge in [0.25, 0.3) is 5.91 Å². The molecule has 0 saturated heterocycles. The van der Waals surface area contributed by atoms with Crippen LogP contribution in [0.2, 0.25) is 5.15 Å². The highest BCUT2D eigenvalue weighted by atomic mass is 35.5. The lowest BCUT2D eigenvalue weighted by atomic mass is 10.1. The maximum absolute atomic E-state index is 14.7. The molecule has 1 amide bonds. The van der Waals surface area contributed by atoms with Crippen molar-refractivity contribution in [3.63, 3.8) is 0 Å². The number of aryl methyl sites for hydroxylation is 2. The Bertz CT molecular complexity index is 1380. The van der Waals surface area contributed by atoms with Crippen LogP contribution in [0.25, 0.3) is 17.1 Å². The van der Waals surface area contributed by atoms with Crippen molar-refractivity contribution in [1.29, 1.82) is 0 Å². The molecule has 0 unspecified atom stereocenters. The van der Waals surface area contributed by atoms with E-state index in [2.05, 4.69) is 25.2 Å². The number of carbonyl (C=O) groups excluding carboxylic acids is 1. The van der Waals surface area contributed by atoms with Gasteiger partial charge in [0.1, 0.15) is 28.2 Å². The van der Waals surface area contributed by atoms with Crippen molar-refractivity contribution in [3.05, 3.63) is 76.3 Å². The molecule has 34 heavy (non-hydrogen) atoms. The number of nitrogens with one attached hydrogen (secondary N) is 1. The van der Waals surface area contributed by atoms with Gasteiger partial charge in [-0.1, -0.05) is 18.0 Å². The summed E-state index contributed by atoms with van der Waals surface area (Å²) in [5.74, 6) is -0.0372. The Balaban J connectivity index is 1.45. The SMILES string of the molecule is Cc1nn(-c2ccc(F)cc2)c(Cl)c1C(=O)Nc1cc(-c2nnc3n2CCCCC3)ccc1F. The molecule has 174 valence electrons. The van der Waals surface area contributed by atoms with Gasteiger partial charge < -0.3 is 9.88 Å². The number of nitrogens with zero attached hydrogens (tertiary/aromatic N) is 5. The summed E-state index contributed by atoms with van der Waals surface area (Å²) in [6, 6.07) is 10.0. The Morgan fingerprint density at radius 2 is 1.85 bits per heavy atom. The highest BCUT2D eigenvalue weighted by molar-refractivity contribution is 6.34. The van der Waals surface area contributed by atoms with E-state index in [1.807, 2.05) is 0 Å². The standard InChI is InChI=1S/C24H21ClF2N6O/c1-14-21(22(25)33(31-14)17-9-7-16(26)8-10-17)24(34)28-19-13-15(6-11-18(19)27)23-30-29-20-5-3-2-4-12-32(20)23/h6-11,13H,2-5,12H2,1H3,(H,28,34). The van der Waals surface area contributed by atoms with Crippen LogP contribution in [-0.4, -0.2) is 30.5 Å². The van der Waals surface area contributed by atoms with E-state index < -0.39 is 17.5 Å². The van der Waals surface area contributed by atoms with E-state index in [0.717, 1.165) is 38.1 Å². The number of aromatic nitrogens is 5.